The zero-order valence-electron chi connectivity index (χ0n) is 11.4. The number of nitrogens with zero attached hydrogens (tertiary/aromatic N) is 1. The Morgan fingerprint density at radius 3 is 1.76 bits per heavy atom. The van der Waals surface area contributed by atoms with Crippen LogP contribution in [0.25, 0.3) is 0 Å². The third-order valence-corrected chi connectivity index (χ3v) is 4.56. The van der Waals surface area contributed by atoms with Gasteiger partial charge in [-0.05, 0) is 26.2 Å². The second-order valence-corrected chi connectivity index (χ2v) is 8.28. The van der Waals surface area contributed by atoms with Crippen molar-refractivity contribution in [3.05, 3.63) is 0 Å². The zero-order valence-corrected chi connectivity index (χ0v) is 12.3. The molecule has 0 spiro atoms. The van der Waals surface area contributed by atoms with Crippen molar-refractivity contribution in [2.75, 3.05) is 12.3 Å². The first kappa shape index (κ1) is 16.4. The van der Waals surface area contributed by atoms with Crippen LogP contribution in [0.1, 0.15) is 41.5 Å². The van der Waals surface area contributed by atoms with Gasteiger partial charge < -0.3 is 5.11 Å². The molecular weight excluding hydrogens is 242 g/mol. The van der Waals surface area contributed by atoms with Crippen LogP contribution in [0.4, 0.5) is 0 Å². The van der Waals surface area contributed by atoms with Crippen LogP contribution < -0.4 is 0 Å². The van der Waals surface area contributed by atoms with Crippen molar-refractivity contribution in [3.8, 4) is 0 Å². The lowest BCUT2D eigenvalue weighted by atomic mass is 10.0. The van der Waals surface area contributed by atoms with Crippen LogP contribution in [0.3, 0.4) is 0 Å². The molecule has 0 saturated carbocycles. The molecule has 0 amide bonds. The fraction of sp³-hybridized carbons (Fsp3) is 0.909. The summed E-state index contributed by atoms with van der Waals surface area (Å²) in [6.07, 6.45) is 0. The molecule has 0 aliphatic carbocycles. The molecule has 0 radical (unpaired) electrons. The van der Waals surface area contributed by atoms with Crippen LogP contribution >= 0.6 is 0 Å². The molecule has 17 heavy (non-hydrogen) atoms. The summed E-state index contributed by atoms with van der Waals surface area (Å²) in [6, 6.07) is 0. The average molecular weight is 265 g/mol. The van der Waals surface area contributed by atoms with Gasteiger partial charge in [-0.15, -0.1) is 0 Å². The van der Waals surface area contributed by atoms with Crippen LogP contribution in [0.2, 0.25) is 0 Å². The topological polar surface area (TPSA) is 74.7 Å². The van der Waals surface area contributed by atoms with Gasteiger partial charge in [0.05, 0.1) is 5.75 Å². The maximum atomic E-state index is 12.2. The lowest BCUT2D eigenvalue weighted by molar-refractivity contribution is -0.138. The van der Waals surface area contributed by atoms with Crippen LogP contribution in [-0.2, 0) is 14.8 Å². The van der Waals surface area contributed by atoms with Gasteiger partial charge in [-0.1, -0.05) is 20.8 Å². The SMILES string of the molecule is CC(C)(C)CS(=O)(=O)N(CC(=O)O)C(C)(C)C. The quantitative estimate of drug-likeness (QED) is 0.836. The van der Waals surface area contributed by atoms with Crippen LogP contribution in [0.15, 0.2) is 0 Å². The Balaban J connectivity index is 5.26. The van der Waals surface area contributed by atoms with Crippen molar-refractivity contribution in [3.63, 3.8) is 0 Å². The molecule has 0 aliphatic heterocycles. The van der Waals surface area contributed by atoms with E-state index < -0.39 is 33.5 Å². The summed E-state index contributed by atoms with van der Waals surface area (Å²) in [7, 11) is -3.58. The van der Waals surface area contributed by atoms with Crippen molar-refractivity contribution in [2.45, 2.75) is 47.1 Å². The first-order valence-electron chi connectivity index (χ1n) is 5.48. The highest BCUT2D eigenvalue weighted by Crippen LogP contribution is 2.24. The lowest BCUT2D eigenvalue weighted by Crippen LogP contribution is -2.50. The van der Waals surface area contributed by atoms with Gasteiger partial charge in [0.25, 0.3) is 0 Å². The molecule has 0 fully saturated rings. The maximum Gasteiger partial charge on any atom is 0.318 e. The highest BCUT2D eigenvalue weighted by Gasteiger charge is 2.36. The molecule has 0 heterocycles. The van der Waals surface area contributed by atoms with Gasteiger partial charge in [0.1, 0.15) is 6.54 Å². The predicted octanol–water partition coefficient (Wildman–Crippen LogP) is 1.55. The Kier molecular flexibility index (Phi) is 4.76. The zero-order chi connectivity index (χ0) is 14.1. The summed E-state index contributed by atoms with van der Waals surface area (Å²) in [5, 5.41) is 8.80. The molecular formula is C11H23NO4S. The number of aliphatic carboxylic acids is 1. The molecule has 0 aromatic heterocycles. The van der Waals surface area contributed by atoms with E-state index in [1.54, 1.807) is 20.8 Å². The van der Waals surface area contributed by atoms with E-state index in [1.807, 2.05) is 20.8 Å². The molecule has 6 heteroatoms. The Morgan fingerprint density at radius 1 is 1.12 bits per heavy atom. The highest BCUT2D eigenvalue weighted by atomic mass is 32.2. The van der Waals surface area contributed by atoms with Gasteiger partial charge in [-0.3, -0.25) is 4.79 Å². The average Bonchev–Trinajstić information content (AvgIpc) is 1.92. The number of sulfonamides is 1. The minimum absolute atomic E-state index is 0.0649. The third kappa shape index (κ3) is 6.02. The minimum atomic E-state index is -3.58. The first-order valence-corrected chi connectivity index (χ1v) is 7.09. The molecule has 0 aliphatic rings. The summed E-state index contributed by atoms with van der Waals surface area (Å²) >= 11 is 0. The number of hydrogen-bond acceptors (Lipinski definition) is 3. The van der Waals surface area contributed by atoms with Crippen molar-refractivity contribution < 1.29 is 18.3 Å². The van der Waals surface area contributed by atoms with E-state index in [2.05, 4.69) is 0 Å². The van der Waals surface area contributed by atoms with E-state index in [0.29, 0.717) is 0 Å². The fourth-order valence-electron chi connectivity index (χ4n) is 1.50. The molecule has 0 saturated heterocycles. The monoisotopic (exact) mass is 265 g/mol. The van der Waals surface area contributed by atoms with E-state index in [1.165, 1.54) is 0 Å². The molecule has 102 valence electrons. The van der Waals surface area contributed by atoms with Crippen LogP contribution in [0, 0.1) is 5.41 Å². The third-order valence-electron chi connectivity index (χ3n) is 1.98. The molecule has 0 aromatic carbocycles. The molecule has 1 N–H and O–H groups in total. The smallest absolute Gasteiger partial charge is 0.318 e. The Labute approximate surface area is 104 Å². The van der Waals surface area contributed by atoms with Crippen molar-refractivity contribution in [1.29, 1.82) is 0 Å². The summed E-state index contributed by atoms with van der Waals surface area (Å²) in [5.41, 5.74) is -1.14. The molecule has 0 rings (SSSR count). The molecule has 5 nitrogen and oxygen atoms in total. The van der Waals surface area contributed by atoms with Gasteiger partial charge in [0.15, 0.2) is 0 Å². The van der Waals surface area contributed by atoms with Gasteiger partial charge in [-0.2, -0.15) is 4.31 Å². The van der Waals surface area contributed by atoms with Gasteiger partial charge in [-0.25, -0.2) is 8.42 Å². The van der Waals surface area contributed by atoms with Crippen molar-refractivity contribution in [1.82, 2.24) is 4.31 Å². The number of rotatable bonds is 4. The van der Waals surface area contributed by atoms with Crippen molar-refractivity contribution in [2.24, 2.45) is 5.41 Å². The first-order chi connectivity index (χ1) is 7.26. The van der Waals surface area contributed by atoms with E-state index in [0.717, 1.165) is 4.31 Å². The van der Waals surface area contributed by atoms with Gasteiger partial charge >= 0.3 is 5.97 Å². The molecule has 0 bridgehead atoms. The predicted molar refractivity (Wildman–Crippen MR) is 67.3 cm³/mol. The normalized spacial score (nSPS) is 14.1. The number of carboxylic acids is 1. The minimum Gasteiger partial charge on any atom is -0.480 e. The van der Waals surface area contributed by atoms with E-state index in [4.69, 9.17) is 5.11 Å². The van der Waals surface area contributed by atoms with Crippen LogP contribution in [-0.4, -0.2) is 41.6 Å². The van der Waals surface area contributed by atoms with E-state index >= 15 is 0 Å². The van der Waals surface area contributed by atoms with Gasteiger partial charge in [0, 0.05) is 5.54 Å². The summed E-state index contributed by atoms with van der Waals surface area (Å²) in [4.78, 5) is 10.8. The van der Waals surface area contributed by atoms with E-state index in [-0.39, 0.29) is 5.75 Å². The summed E-state index contributed by atoms with van der Waals surface area (Å²) < 4.78 is 25.4. The largest absolute Gasteiger partial charge is 0.480 e. The Bertz CT molecular complexity index is 373. The lowest BCUT2D eigenvalue weighted by Gasteiger charge is -2.35. The van der Waals surface area contributed by atoms with Crippen LogP contribution in [0.5, 0.6) is 0 Å². The maximum absolute atomic E-state index is 12.2. The second-order valence-electron chi connectivity index (χ2n) is 6.39. The molecule has 0 atom stereocenters. The standard InChI is InChI=1S/C11H23NO4S/c1-10(2,3)8-17(15,16)12(7-9(13)14)11(4,5)6/h7-8H2,1-6H3,(H,13,14). The highest BCUT2D eigenvalue weighted by molar-refractivity contribution is 7.89. The fourth-order valence-corrected chi connectivity index (χ4v) is 3.89. The Hall–Kier alpha value is -0.620. The number of carboxylic acid groups (broad SMARTS) is 1. The second kappa shape index (κ2) is 4.94. The number of carbonyl (C=O) groups is 1. The Morgan fingerprint density at radius 2 is 1.53 bits per heavy atom. The van der Waals surface area contributed by atoms with Gasteiger partial charge in [0.2, 0.25) is 10.0 Å². The molecule has 0 unspecified atom stereocenters. The number of hydrogen-bond donors (Lipinski definition) is 1. The molecule has 0 aromatic rings. The summed E-state index contributed by atoms with van der Waals surface area (Å²) in [5.74, 6) is -1.21. The van der Waals surface area contributed by atoms with Crippen molar-refractivity contribution >= 4 is 16.0 Å². The summed E-state index contributed by atoms with van der Waals surface area (Å²) in [6.45, 7) is 10.0. The van der Waals surface area contributed by atoms with E-state index in [9.17, 15) is 13.2 Å².